The summed E-state index contributed by atoms with van der Waals surface area (Å²) in [6.07, 6.45) is 1.69. The fourth-order valence-electron chi connectivity index (χ4n) is 2.45. The van der Waals surface area contributed by atoms with Crippen molar-refractivity contribution in [3.8, 4) is 0 Å². The predicted octanol–water partition coefficient (Wildman–Crippen LogP) is 3.04. The molecule has 0 saturated carbocycles. The van der Waals surface area contributed by atoms with Crippen LogP contribution in [0.1, 0.15) is 18.4 Å². The Morgan fingerprint density at radius 2 is 2.06 bits per heavy atom. The third-order valence-corrected chi connectivity index (χ3v) is 3.78. The number of anilines is 1. The first-order valence-corrected chi connectivity index (χ1v) is 6.58. The van der Waals surface area contributed by atoms with E-state index in [2.05, 4.69) is 11.8 Å². The van der Waals surface area contributed by atoms with E-state index >= 15 is 0 Å². The van der Waals surface area contributed by atoms with E-state index in [0.717, 1.165) is 31.0 Å². The molecule has 1 aliphatic heterocycles. The van der Waals surface area contributed by atoms with Gasteiger partial charge in [0.1, 0.15) is 0 Å². The molecule has 4 heteroatoms. The fourth-order valence-corrected chi connectivity index (χ4v) is 2.61. The Hall–Kier alpha value is -1.22. The molecule has 1 heterocycles. The lowest BCUT2D eigenvalue weighted by molar-refractivity contribution is -0.146. The zero-order chi connectivity index (χ0) is 13.1. The van der Waals surface area contributed by atoms with Crippen molar-refractivity contribution in [1.29, 1.82) is 0 Å². The maximum Gasteiger partial charge on any atom is 0.308 e. The lowest BCUT2D eigenvalue weighted by Crippen LogP contribution is -2.37. The second-order valence-corrected chi connectivity index (χ2v) is 5.15. The van der Waals surface area contributed by atoms with Gasteiger partial charge in [-0.3, -0.25) is 4.79 Å². The summed E-state index contributed by atoms with van der Waals surface area (Å²) in [5, 5.41) is 0.755. The van der Waals surface area contributed by atoms with Crippen molar-refractivity contribution in [1.82, 2.24) is 0 Å². The quantitative estimate of drug-likeness (QED) is 0.772. The first-order chi connectivity index (χ1) is 8.61. The van der Waals surface area contributed by atoms with Gasteiger partial charge in [0.15, 0.2) is 0 Å². The van der Waals surface area contributed by atoms with Crippen molar-refractivity contribution >= 4 is 23.3 Å². The van der Waals surface area contributed by atoms with Crippen LogP contribution < -0.4 is 4.90 Å². The van der Waals surface area contributed by atoms with Crippen LogP contribution in [0.2, 0.25) is 5.02 Å². The van der Waals surface area contributed by atoms with Crippen molar-refractivity contribution in [2.45, 2.75) is 19.8 Å². The number of nitrogens with zero attached hydrogens (tertiary/aromatic N) is 1. The largest absolute Gasteiger partial charge is 0.469 e. The van der Waals surface area contributed by atoms with Gasteiger partial charge in [-0.05, 0) is 37.5 Å². The van der Waals surface area contributed by atoms with E-state index in [1.165, 1.54) is 18.4 Å². The molecule has 98 valence electrons. The molecular formula is C14H18ClNO2. The summed E-state index contributed by atoms with van der Waals surface area (Å²) in [6, 6.07) is 5.93. The van der Waals surface area contributed by atoms with Crippen LogP contribution in [0.3, 0.4) is 0 Å². The van der Waals surface area contributed by atoms with Gasteiger partial charge in [-0.2, -0.15) is 0 Å². The Labute approximate surface area is 113 Å². The summed E-state index contributed by atoms with van der Waals surface area (Å²) in [5.74, 6) is -0.0387. The number of carbonyl (C=O) groups excluding carboxylic acids is 1. The summed E-state index contributed by atoms with van der Waals surface area (Å²) in [6.45, 7) is 3.83. The minimum absolute atomic E-state index is 0.0470. The van der Waals surface area contributed by atoms with E-state index in [4.69, 9.17) is 16.3 Å². The van der Waals surface area contributed by atoms with Gasteiger partial charge in [0.25, 0.3) is 0 Å². The molecule has 1 aromatic carbocycles. The highest BCUT2D eigenvalue weighted by molar-refractivity contribution is 6.30. The van der Waals surface area contributed by atoms with E-state index in [0.29, 0.717) is 0 Å². The highest BCUT2D eigenvalue weighted by Crippen LogP contribution is 2.28. The number of piperidine rings is 1. The van der Waals surface area contributed by atoms with Gasteiger partial charge in [0, 0.05) is 23.8 Å². The van der Waals surface area contributed by atoms with Crippen molar-refractivity contribution < 1.29 is 9.53 Å². The zero-order valence-electron chi connectivity index (χ0n) is 10.8. The summed E-state index contributed by atoms with van der Waals surface area (Å²) in [7, 11) is 1.45. The molecule has 0 unspecified atom stereocenters. The molecule has 18 heavy (non-hydrogen) atoms. The van der Waals surface area contributed by atoms with Crippen LogP contribution in [0.5, 0.6) is 0 Å². The number of esters is 1. The number of halogens is 1. The summed E-state index contributed by atoms with van der Waals surface area (Å²) < 4.78 is 4.79. The maximum atomic E-state index is 11.5. The van der Waals surface area contributed by atoms with Crippen molar-refractivity contribution in [2.75, 3.05) is 25.1 Å². The minimum Gasteiger partial charge on any atom is -0.469 e. The maximum absolute atomic E-state index is 11.5. The third kappa shape index (κ3) is 2.78. The van der Waals surface area contributed by atoms with Gasteiger partial charge in [0.05, 0.1) is 13.0 Å². The molecule has 0 aliphatic carbocycles. The Kier molecular flexibility index (Phi) is 4.12. The lowest BCUT2D eigenvalue weighted by atomic mass is 9.96. The van der Waals surface area contributed by atoms with Crippen molar-refractivity contribution in [3.63, 3.8) is 0 Å². The van der Waals surface area contributed by atoms with Crippen LogP contribution in [0.15, 0.2) is 18.2 Å². The number of ether oxygens (including phenoxy) is 1. The number of methoxy groups -OCH3 is 1. The second-order valence-electron chi connectivity index (χ2n) is 4.72. The Balaban J connectivity index is 2.05. The van der Waals surface area contributed by atoms with Crippen LogP contribution in [0.4, 0.5) is 5.69 Å². The Morgan fingerprint density at radius 3 is 2.67 bits per heavy atom. The molecule has 0 bridgehead atoms. The summed E-state index contributed by atoms with van der Waals surface area (Å²) in [5.41, 5.74) is 2.39. The monoisotopic (exact) mass is 267 g/mol. The van der Waals surface area contributed by atoms with Crippen LogP contribution in [-0.4, -0.2) is 26.2 Å². The molecule has 0 radical (unpaired) electrons. The van der Waals surface area contributed by atoms with Crippen LogP contribution in [0.25, 0.3) is 0 Å². The first-order valence-electron chi connectivity index (χ1n) is 6.20. The number of rotatable bonds is 2. The smallest absolute Gasteiger partial charge is 0.308 e. The molecule has 1 saturated heterocycles. The highest BCUT2D eigenvalue weighted by atomic mass is 35.5. The molecule has 0 N–H and O–H groups in total. The number of carbonyl (C=O) groups is 1. The molecule has 2 rings (SSSR count). The van der Waals surface area contributed by atoms with Crippen LogP contribution in [-0.2, 0) is 9.53 Å². The first kappa shape index (κ1) is 13.2. The topological polar surface area (TPSA) is 29.5 Å². The minimum atomic E-state index is -0.0857. The van der Waals surface area contributed by atoms with E-state index in [1.54, 1.807) is 0 Å². The van der Waals surface area contributed by atoms with Gasteiger partial charge in [-0.1, -0.05) is 17.7 Å². The molecule has 3 nitrogen and oxygen atoms in total. The van der Waals surface area contributed by atoms with Crippen molar-refractivity contribution in [3.05, 3.63) is 28.8 Å². The molecule has 1 aromatic rings. The Bertz CT molecular complexity index is 439. The standard InChI is InChI=1S/C14H18ClNO2/c1-10-3-4-12(15)9-13(10)16-7-5-11(6-8-16)14(17)18-2/h3-4,9,11H,5-8H2,1-2H3. The zero-order valence-corrected chi connectivity index (χ0v) is 11.5. The second kappa shape index (κ2) is 5.61. The van der Waals surface area contributed by atoms with Gasteiger partial charge < -0.3 is 9.64 Å². The van der Waals surface area contributed by atoms with Gasteiger partial charge in [0.2, 0.25) is 0 Å². The van der Waals surface area contributed by atoms with Gasteiger partial charge >= 0.3 is 5.97 Å². The van der Waals surface area contributed by atoms with E-state index in [9.17, 15) is 4.79 Å². The molecule has 0 amide bonds. The SMILES string of the molecule is COC(=O)C1CCN(c2cc(Cl)ccc2C)CC1. The average molecular weight is 268 g/mol. The summed E-state index contributed by atoms with van der Waals surface area (Å²) in [4.78, 5) is 13.8. The van der Waals surface area contributed by atoms with E-state index < -0.39 is 0 Å². The number of hydrogen-bond donors (Lipinski definition) is 0. The van der Waals surface area contributed by atoms with Crippen molar-refractivity contribution in [2.24, 2.45) is 5.92 Å². The lowest BCUT2D eigenvalue weighted by Gasteiger charge is -2.33. The van der Waals surface area contributed by atoms with Crippen LogP contribution in [0, 0.1) is 12.8 Å². The third-order valence-electron chi connectivity index (χ3n) is 3.54. The molecule has 0 atom stereocenters. The fraction of sp³-hybridized carbons (Fsp3) is 0.500. The Morgan fingerprint density at radius 1 is 1.39 bits per heavy atom. The van der Waals surface area contributed by atoms with E-state index in [1.807, 2.05) is 18.2 Å². The summed E-state index contributed by atoms with van der Waals surface area (Å²) >= 11 is 6.04. The number of benzene rings is 1. The molecule has 1 aliphatic rings. The molecule has 1 fully saturated rings. The average Bonchev–Trinajstić information content (AvgIpc) is 2.41. The van der Waals surface area contributed by atoms with Gasteiger partial charge in [-0.15, -0.1) is 0 Å². The van der Waals surface area contributed by atoms with E-state index in [-0.39, 0.29) is 11.9 Å². The van der Waals surface area contributed by atoms with Crippen LogP contribution >= 0.6 is 11.6 Å². The number of aryl methyl sites for hydroxylation is 1. The predicted molar refractivity (Wildman–Crippen MR) is 73.1 cm³/mol. The van der Waals surface area contributed by atoms with Gasteiger partial charge in [-0.25, -0.2) is 0 Å². The molecular weight excluding hydrogens is 250 g/mol. The number of hydrogen-bond acceptors (Lipinski definition) is 3. The normalized spacial score (nSPS) is 16.7. The highest BCUT2D eigenvalue weighted by Gasteiger charge is 2.26. The molecule has 0 aromatic heterocycles. The molecule has 0 spiro atoms.